The second-order valence-electron chi connectivity index (χ2n) is 5.70. The Kier molecular flexibility index (Phi) is 4.16. The summed E-state index contributed by atoms with van der Waals surface area (Å²) in [6, 6.07) is 8.27. The number of hydrogen-bond acceptors (Lipinski definition) is 2. The molecule has 0 bridgehead atoms. The van der Waals surface area contributed by atoms with Crippen LogP contribution in [-0.2, 0) is 17.8 Å². The van der Waals surface area contributed by atoms with Crippen LogP contribution in [-0.4, -0.2) is 18.5 Å². The molecule has 0 radical (unpaired) electrons. The van der Waals surface area contributed by atoms with Gasteiger partial charge in [0.1, 0.15) is 0 Å². The second-order valence-corrected chi connectivity index (χ2v) is 5.70. The molecule has 1 heterocycles. The average molecular weight is 270 g/mol. The van der Waals surface area contributed by atoms with Gasteiger partial charge in [-0.05, 0) is 43.2 Å². The minimum absolute atomic E-state index is 0.0811. The second kappa shape index (κ2) is 6.23. The maximum atomic E-state index is 12.2. The topological polar surface area (TPSA) is 41.1 Å². The molecule has 1 aliphatic heterocycles. The summed E-state index contributed by atoms with van der Waals surface area (Å²) in [5, 5.41) is 6.39. The molecule has 0 unspecified atom stereocenters. The summed E-state index contributed by atoms with van der Waals surface area (Å²) in [6.45, 7) is 1.56. The highest BCUT2D eigenvalue weighted by atomic mass is 16.2. The Morgan fingerprint density at radius 3 is 2.95 bits per heavy atom. The molecule has 3 nitrogen and oxygen atoms in total. The van der Waals surface area contributed by atoms with Crippen molar-refractivity contribution < 1.29 is 4.79 Å². The summed E-state index contributed by atoms with van der Waals surface area (Å²) in [4.78, 5) is 12.2. The monoisotopic (exact) mass is 270 g/mol. The molecule has 0 fully saturated rings. The van der Waals surface area contributed by atoms with Crippen LogP contribution in [0.5, 0.6) is 0 Å². The minimum atomic E-state index is -0.0811. The molecule has 3 heteroatoms. The molecule has 2 aliphatic rings. The molecule has 106 valence electrons. The molecule has 0 saturated heterocycles. The van der Waals surface area contributed by atoms with Crippen molar-refractivity contribution in [2.75, 3.05) is 6.54 Å². The Labute approximate surface area is 120 Å². The molecule has 20 heavy (non-hydrogen) atoms. The van der Waals surface area contributed by atoms with E-state index in [1.807, 2.05) is 6.07 Å². The predicted octanol–water partition coefficient (Wildman–Crippen LogP) is 2.32. The average Bonchev–Trinajstić information content (AvgIpc) is 3.00. The number of carbonyl (C=O) groups is 1. The summed E-state index contributed by atoms with van der Waals surface area (Å²) in [5.74, 6) is 0.137. The quantitative estimate of drug-likeness (QED) is 0.824. The molecule has 0 saturated carbocycles. The number of fused-ring (bicyclic) bond motifs is 1. The van der Waals surface area contributed by atoms with Crippen LogP contribution in [0.25, 0.3) is 0 Å². The molecule has 1 aromatic carbocycles. The Bertz CT molecular complexity index is 521. The van der Waals surface area contributed by atoms with E-state index in [2.05, 4.69) is 34.9 Å². The summed E-state index contributed by atoms with van der Waals surface area (Å²) >= 11 is 0. The van der Waals surface area contributed by atoms with Gasteiger partial charge >= 0.3 is 0 Å². The lowest BCUT2D eigenvalue weighted by atomic mass is 9.95. The molecule has 1 aromatic rings. The van der Waals surface area contributed by atoms with E-state index in [0.717, 1.165) is 25.9 Å². The zero-order chi connectivity index (χ0) is 13.8. The van der Waals surface area contributed by atoms with E-state index < -0.39 is 0 Å². The largest absolute Gasteiger partial charge is 0.354 e. The predicted molar refractivity (Wildman–Crippen MR) is 80.3 cm³/mol. The fourth-order valence-electron chi connectivity index (χ4n) is 3.07. The van der Waals surface area contributed by atoms with Crippen molar-refractivity contribution in [1.82, 2.24) is 10.6 Å². The first-order valence-corrected chi connectivity index (χ1v) is 7.59. The van der Waals surface area contributed by atoms with Crippen molar-refractivity contribution in [3.05, 3.63) is 47.0 Å². The van der Waals surface area contributed by atoms with Crippen molar-refractivity contribution in [2.45, 2.75) is 44.7 Å². The third-order valence-electron chi connectivity index (χ3n) is 4.28. The number of carbonyl (C=O) groups excluding carboxylic acids is 1. The Morgan fingerprint density at radius 1 is 1.30 bits per heavy atom. The molecule has 2 N–H and O–H groups in total. The number of hydrogen-bond donors (Lipinski definition) is 2. The van der Waals surface area contributed by atoms with E-state index >= 15 is 0 Å². The van der Waals surface area contributed by atoms with E-state index in [1.165, 1.54) is 36.0 Å². The summed E-state index contributed by atoms with van der Waals surface area (Å²) in [7, 11) is 0. The van der Waals surface area contributed by atoms with Gasteiger partial charge in [-0.15, -0.1) is 0 Å². The summed E-state index contributed by atoms with van der Waals surface area (Å²) < 4.78 is 0. The van der Waals surface area contributed by atoms with Crippen LogP contribution in [0.15, 0.2) is 35.9 Å². The standard InChI is InChI=1S/C17H22N2O/c20-17(18-10-9-13-5-1-2-6-13)16-11-14-7-3-4-8-15(14)12-19-16/h3-5,7-8,16,19H,1-2,6,9-12H2,(H,18,20)/t16-/m0/s1. The van der Waals surface area contributed by atoms with Crippen LogP contribution >= 0.6 is 0 Å². The number of amides is 1. The number of benzene rings is 1. The third-order valence-corrected chi connectivity index (χ3v) is 4.28. The Balaban J connectivity index is 1.48. The summed E-state index contributed by atoms with van der Waals surface area (Å²) in [5.41, 5.74) is 4.12. The lowest BCUT2D eigenvalue weighted by Crippen LogP contribution is -2.47. The first-order valence-electron chi connectivity index (χ1n) is 7.59. The van der Waals surface area contributed by atoms with E-state index in [4.69, 9.17) is 0 Å². The first-order chi connectivity index (χ1) is 9.83. The van der Waals surface area contributed by atoms with Crippen molar-refractivity contribution in [2.24, 2.45) is 0 Å². The third kappa shape index (κ3) is 3.10. The zero-order valence-corrected chi connectivity index (χ0v) is 11.8. The molecular formula is C17H22N2O. The van der Waals surface area contributed by atoms with Crippen LogP contribution in [0.4, 0.5) is 0 Å². The number of allylic oxidation sites excluding steroid dienone is 1. The normalized spacial score (nSPS) is 21.2. The lowest BCUT2D eigenvalue weighted by molar-refractivity contribution is -0.123. The number of nitrogens with one attached hydrogen (secondary N) is 2. The maximum absolute atomic E-state index is 12.2. The fourth-order valence-corrected chi connectivity index (χ4v) is 3.07. The van der Waals surface area contributed by atoms with Crippen LogP contribution in [0.1, 0.15) is 36.8 Å². The van der Waals surface area contributed by atoms with E-state index in [1.54, 1.807) is 0 Å². The lowest BCUT2D eigenvalue weighted by Gasteiger charge is -2.25. The van der Waals surface area contributed by atoms with Crippen LogP contribution in [0.2, 0.25) is 0 Å². The molecule has 0 spiro atoms. The van der Waals surface area contributed by atoms with Crippen molar-refractivity contribution in [3.63, 3.8) is 0 Å². The van der Waals surface area contributed by atoms with Crippen molar-refractivity contribution in [3.8, 4) is 0 Å². The van der Waals surface area contributed by atoms with Gasteiger partial charge in [0, 0.05) is 13.1 Å². The highest BCUT2D eigenvalue weighted by Gasteiger charge is 2.23. The minimum Gasteiger partial charge on any atom is -0.354 e. The van der Waals surface area contributed by atoms with Gasteiger partial charge in [0.25, 0.3) is 0 Å². The van der Waals surface area contributed by atoms with E-state index in [9.17, 15) is 4.79 Å². The molecule has 0 aromatic heterocycles. The zero-order valence-electron chi connectivity index (χ0n) is 11.8. The van der Waals surface area contributed by atoms with Gasteiger partial charge in [-0.1, -0.05) is 35.9 Å². The Morgan fingerprint density at radius 2 is 2.15 bits per heavy atom. The van der Waals surface area contributed by atoms with Gasteiger partial charge in [-0.3, -0.25) is 4.79 Å². The van der Waals surface area contributed by atoms with Gasteiger partial charge in [-0.2, -0.15) is 0 Å². The van der Waals surface area contributed by atoms with Crippen molar-refractivity contribution in [1.29, 1.82) is 0 Å². The fraction of sp³-hybridized carbons (Fsp3) is 0.471. The van der Waals surface area contributed by atoms with E-state index in [-0.39, 0.29) is 11.9 Å². The highest BCUT2D eigenvalue weighted by Crippen LogP contribution is 2.20. The SMILES string of the molecule is O=C(NCCC1=CCCC1)[C@@H]1Cc2ccccc2CN1. The molecule has 1 aliphatic carbocycles. The molecular weight excluding hydrogens is 248 g/mol. The maximum Gasteiger partial charge on any atom is 0.237 e. The number of rotatable bonds is 4. The molecule has 1 atom stereocenters. The van der Waals surface area contributed by atoms with Gasteiger partial charge in [0.15, 0.2) is 0 Å². The molecule has 1 amide bonds. The van der Waals surface area contributed by atoms with Gasteiger partial charge in [-0.25, -0.2) is 0 Å². The highest BCUT2D eigenvalue weighted by molar-refractivity contribution is 5.82. The van der Waals surface area contributed by atoms with Crippen LogP contribution in [0, 0.1) is 0 Å². The Hall–Kier alpha value is -1.61. The van der Waals surface area contributed by atoms with E-state index in [0.29, 0.717) is 0 Å². The molecule has 3 rings (SSSR count). The summed E-state index contributed by atoms with van der Waals surface area (Å²) in [6.07, 6.45) is 7.83. The van der Waals surface area contributed by atoms with Crippen LogP contribution in [0.3, 0.4) is 0 Å². The van der Waals surface area contributed by atoms with Crippen molar-refractivity contribution >= 4 is 5.91 Å². The van der Waals surface area contributed by atoms with Gasteiger partial charge in [0.05, 0.1) is 6.04 Å². The van der Waals surface area contributed by atoms with Crippen LogP contribution < -0.4 is 10.6 Å². The first kappa shape index (κ1) is 13.4. The van der Waals surface area contributed by atoms with Gasteiger partial charge < -0.3 is 10.6 Å². The van der Waals surface area contributed by atoms with Gasteiger partial charge in [0.2, 0.25) is 5.91 Å². The smallest absolute Gasteiger partial charge is 0.237 e.